The second kappa shape index (κ2) is 52.1. The van der Waals surface area contributed by atoms with Crippen molar-refractivity contribution in [2.45, 2.75) is 268 Å². The van der Waals surface area contributed by atoms with Gasteiger partial charge in [-0.05, 0) is 12.8 Å². The van der Waals surface area contributed by atoms with Gasteiger partial charge < -0.3 is 10.2 Å². The molecule has 0 bridgehead atoms. The molecular weight excluding hydrogens is 711 g/mol. The molecule has 0 aliphatic rings. The van der Waals surface area contributed by atoms with Crippen LogP contribution in [0.4, 0.5) is 0 Å². The van der Waals surface area contributed by atoms with Crippen LogP contribution in [0.3, 0.4) is 0 Å². The van der Waals surface area contributed by atoms with Crippen LogP contribution in [-0.2, 0) is 9.59 Å². The van der Waals surface area contributed by atoms with E-state index < -0.39 is 11.9 Å². The number of hydrogen-bond acceptors (Lipinski definition) is 2. The van der Waals surface area contributed by atoms with Crippen molar-refractivity contribution >= 4 is 33.1 Å². The van der Waals surface area contributed by atoms with Crippen LogP contribution < -0.4 is 0 Å². The van der Waals surface area contributed by atoms with E-state index in [1.165, 1.54) is 180 Å². The van der Waals surface area contributed by atoms with Crippen molar-refractivity contribution in [2.75, 3.05) is 0 Å². The van der Waals surface area contributed by atoms with Gasteiger partial charge >= 0.3 is 133 Å². The fourth-order valence-corrected chi connectivity index (χ4v) is 9.63. The van der Waals surface area contributed by atoms with E-state index in [9.17, 15) is 9.59 Å². The first-order valence-corrected chi connectivity index (χ1v) is 26.1. The third-order valence-electron chi connectivity index (χ3n) is 9.40. The van der Waals surface area contributed by atoms with Crippen LogP contribution in [0, 0.1) is 0 Å². The van der Waals surface area contributed by atoms with E-state index in [0.29, 0.717) is 12.8 Å². The molecule has 0 aliphatic carbocycles. The Bertz CT molecular complexity index is 547. The predicted molar refractivity (Wildman–Crippen MR) is 220 cm³/mol. The topological polar surface area (TPSA) is 74.6 Å². The van der Waals surface area contributed by atoms with E-state index in [2.05, 4.69) is 27.7 Å². The fourth-order valence-electron chi connectivity index (χ4n) is 6.07. The molecule has 0 aliphatic heterocycles. The number of aliphatic carboxylic acids is 2. The SMILES string of the molecule is CCCCCCCCCCCCCC(=O)O.CCCCCCCCCCCCCC(=O)O.CCCCCCC[CH2][Sn][CH2]CCCCCCC. The van der Waals surface area contributed by atoms with Gasteiger partial charge in [0.1, 0.15) is 0 Å². The van der Waals surface area contributed by atoms with E-state index in [1.807, 2.05) is 0 Å². The van der Waals surface area contributed by atoms with Gasteiger partial charge in [-0.2, -0.15) is 0 Å². The Morgan fingerprint density at radius 2 is 0.490 bits per heavy atom. The van der Waals surface area contributed by atoms with Crippen LogP contribution in [-0.4, -0.2) is 43.3 Å². The molecule has 49 heavy (non-hydrogen) atoms. The average molecular weight is 802 g/mol. The molecule has 0 aromatic rings. The van der Waals surface area contributed by atoms with E-state index in [0.717, 1.165) is 25.7 Å². The summed E-state index contributed by atoms with van der Waals surface area (Å²) in [6, 6.07) is 0. The molecule has 0 aromatic carbocycles. The minimum atomic E-state index is -0.657. The fraction of sp³-hybridized carbons (Fsp3) is 0.955. The molecule has 0 amide bonds. The van der Waals surface area contributed by atoms with Crippen molar-refractivity contribution in [1.29, 1.82) is 0 Å². The minimum absolute atomic E-state index is 0.0736. The summed E-state index contributed by atoms with van der Waals surface area (Å²) in [4.78, 5) is 20.5. The van der Waals surface area contributed by atoms with E-state index in [-0.39, 0.29) is 21.1 Å². The average Bonchev–Trinajstić information content (AvgIpc) is 3.08. The van der Waals surface area contributed by atoms with Crippen molar-refractivity contribution in [1.82, 2.24) is 0 Å². The van der Waals surface area contributed by atoms with Gasteiger partial charge in [0.2, 0.25) is 0 Å². The Morgan fingerprint density at radius 1 is 0.306 bits per heavy atom. The second-order valence-electron chi connectivity index (χ2n) is 14.6. The predicted octanol–water partition coefficient (Wildman–Crippen LogP) is 15.8. The monoisotopic (exact) mass is 803 g/mol. The van der Waals surface area contributed by atoms with Crippen LogP contribution in [0.5, 0.6) is 0 Å². The van der Waals surface area contributed by atoms with Crippen molar-refractivity contribution < 1.29 is 19.8 Å². The molecule has 2 radical (unpaired) electrons. The molecule has 0 spiro atoms. The molecule has 0 heterocycles. The van der Waals surface area contributed by atoms with Crippen LogP contribution in [0.2, 0.25) is 8.87 Å². The zero-order chi connectivity index (χ0) is 36.7. The number of unbranched alkanes of at least 4 members (excludes halogenated alkanes) is 30. The normalized spacial score (nSPS) is 10.7. The Hall–Kier alpha value is -0.261. The van der Waals surface area contributed by atoms with Crippen molar-refractivity contribution in [2.24, 2.45) is 0 Å². The molecule has 5 heteroatoms. The summed E-state index contributed by atoms with van der Waals surface area (Å²) in [5.74, 6) is -1.31. The first kappa shape index (κ1) is 53.1. The first-order valence-electron chi connectivity index (χ1n) is 22.1. The van der Waals surface area contributed by atoms with Crippen LogP contribution in [0.1, 0.15) is 259 Å². The summed E-state index contributed by atoms with van der Waals surface area (Å²) >= 11 is 0.0736. The van der Waals surface area contributed by atoms with Gasteiger partial charge in [0.25, 0.3) is 0 Å². The molecular formula is C44H90O4Sn. The third kappa shape index (κ3) is 63.2. The molecule has 0 fully saturated rings. The molecule has 2 N–H and O–H groups in total. The molecule has 0 unspecified atom stereocenters. The Morgan fingerprint density at radius 3 is 0.694 bits per heavy atom. The number of carbonyl (C=O) groups is 2. The van der Waals surface area contributed by atoms with Gasteiger partial charge in [0.15, 0.2) is 0 Å². The maximum atomic E-state index is 10.3. The summed E-state index contributed by atoms with van der Waals surface area (Å²) in [5, 5.41) is 16.9. The molecule has 0 saturated carbocycles. The number of carboxylic acids is 2. The van der Waals surface area contributed by atoms with Crippen molar-refractivity contribution in [3.05, 3.63) is 0 Å². The summed E-state index contributed by atoms with van der Waals surface area (Å²) in [5.41, 5.74) is 0. The Labute approximate surface area is 319 Å². The molecule has 4 nitrogen and oxygen atoms in total. The number of hydrogen-bond donors (Lipinski definition) is 2. The van der Waals surface area contributed by atoms with Gasteiger partial charge in [0, 0.05) is 12.8 Å². The second-order valence-corrected chi connectivity index (χ2v) is 18.9. The number of rotatable bonds is 38. The van der Waals surface area contributed by atoms with Crippen molar-refractivity contribution in [3.8, 4) is 0 Å². The van der Waals surface area contributed by atoms with Crippen LogP contribution >= 0.6 is 0 Å². The van der Waals surface area contributed by atoms with Crippen LogP contribution in [0.25, 0.3) is 0 Å². The van der Waals surface area contributed by atoms with Crippen molar-refractivity contribution in [3.63, 3.8) is 0 Å². The van der Waals surface area contributed by atoms with Gasteiger partial charge in [-0.3, -0.25) is 9.59 Å². The third-order valence-corrected chi connectivity index (χ3v) is 13.4. The molecule has 0 aromatic heterocycles. The van der Waals surface area contributed by atoms with E-state index in [1.54, 1.807) is 21.7 Å². The Balaban J connectivity index is -0.000000648. The van der Waals surface area contributed by atoms with E-state index >= 15 is 0 Å². The summed E-state index contributed by atoms with van der Waals surface area (Å²) in [7, 11) is 0. The standard InChI is InChI=1S/2C14H28O2.2C8H17.Sn/c2*1-2-3-4-5-6-7-8-9-10-11-12-13-14(15)16;2*1-3-5-7-8-6-4-2;/h2*2-13H2,1H3,(H,15,16);2*1,3-8H2,2H3;. The summed E-state index contributed by atoms with van der Waals surface area (Å²) in [6.07, 6.45) is 46.5. The number of carboxylic acid groups (broad SMARTS) is 2. The van der Waals surface area contributed by atoms with Crippen LogP contribution in [0.15, 0.2) is 0 Å². The summed E-state index contributed by atoms with van der Waals surface area (Å²) < 4.78 is 3.31. The first-order chi connectivity index (χ1) is 24.0. The summed E-state index contributed by atoms with van der Waals surface area (Å²) in [6.45, 7) is 9.10. The zero-order valence-electron chi connectivity index (χ0n) is 34.1. The zero-order valence-corrected chi connectivity index (χ0v) is 36.9. The quantitative estimate of drug-likeness (QED) is 0.0482. The Kier molecular flexibility index (Phi) is 56.5. The van der Waals surface area contributed by atoms with E-state index in [4.69, 9.17) is 10.2 Å². The van der Waals surface area contributed by atoms with Gasteiger partial charge in [-0.25, -0.2) is 0 Å². The van der Waals surface area contributed by atoms with Gasteiger partial charge in [-0.1, -0.05) is 142 Å². The molecule has 0 atom stereocenters. The molecule has 0 rings (SSSR count). The molecule has 0 saturated heterocycles. The maximum absolute atomic E-state index is 10.3. The van der Waals surface area contributed by atoms with Gasteiger partial charge in [-0.15, -0.1) is 0 Å². The molecule has 294 valence electrons. The van der Waals surface area contributed by atoms with Gasteiger partial charge in [0.05, 0.1) is 0 Å².